The summed E-state index contributed by atoms with van der Waals surface area (Å²) in [4.78, 5) is 15.7. The number of hydrogen-bond donors (Lipinski definition) is 2. The van der Waals surface area contributed by atoms with Crippen LogP contribution < -0.4 is 10.6 Å². The Morgan fingerprint density at radius 2 is 2.26 bits per heavy atom. The van der Waals surface area contributed by atoms with Crippen molar-refractivity contribution in [3.05, 3.63) is 11.7 Å². The fraction of sp³-hybridized carbons (Fsp3) is 0.769. The van der Waals surface area contributed by atoms with Gasteiger partial charge in [-0.2, -0.15) is 4.98 Å². The number of amides is 1. The zero-order chi connectivity index (χ0) is 14.0. The van der Waals surface area contributed by atoms with E-state index in [4.69, 9.17) is 4.52 Å². The van der Waals surface area contributed by atoms with E-state index in [0.29, 0.717) is 23.7 Å². The zero-order valence-corrected chi connectivity index (χ0v) is 12.0. The van der Waals surface area contributed by atoms with Crippen LogP contribution in [0.25, 0.3) is 0 Å². The first-order chi connectivity index (χ1) is 8.88. The van der Waals surface area contributed by atoms with Crippen molar-refractivity contribution in [3.63, 3.8) is 0 Å². The van der Waals surface area contributed by atoms with Gasteiger partial charge in [0.05, 0.1) is 5.54 Å². The van der Waals surface area contributed by atoms with Crippen molar-refractivity contribution in [1.82, 2.24) is 20.8 Å². The molecule has 106 valence electrons. The maximum absolute atomic E-state index is 11.2. The maximum atomic E-state index is 11.2. The van der Waals surface area contributed by atoms with Gasteiger partial charge in [-0.25, -0.2) is 0 Å². The first kappa shape index (κ1) is 14.0. The summed E-state index contributed by atoms with van der Waals surface area (Å²) in [6.45, 7) is 8.35. The molecule has 0 aromatic carbocycles. The molecule has 1 saturated heterocycles. The van der Waals surface area contributed by atoms with E-state index >= 15 is 0 Å². The molecule has 0 aliphatic carbocycles. The van der Waals surface area contributed by atoms with Crippen molar-refractivity contribution in [2.45, 2.75) is 58.0 Å². The van der Waals surface area contributed by atoms with Crippen LogP contribution in [-0.2, 0) is 10.3 Å². The number of aromatic nitrogens is 2. The number of carbonyl (C=O) groups is 1. The molecule has 1 aliphatic rings. The van der Waals surface area contributed by atoms with Crippen LogP contribution in [0.4, 0.5) is 0 Å². The van der Waals surface area contributed by atoms with E-state index < -0.39 is 5.54 Å². The van der Waals surface area contributed by atoms with Gasteiger partial charge >= 0.3 is 0 Å². The number of nitrogens with zero attached hydrogens (tertiary/aromatic N) is 2. The molecule has 1 aromatic heterocycles. The molecule has 1 fully saturated rings. The second kappa shape index (κ2) is 5.28. The smallest absolute Gasteiger partial charge is 0.229 e. The number of carbonyl (C=O) groups excluding carboxylic acids is 1. The van der Waals surface area contributed by atoms with Crippen LogP contribution in [0.2, 0.25) is 0 Å². The molecule has 0 bridgehead atoms. The van der Waals surface area contributed by atoms with Crippen molar-refractivity contribution < 1.29 is 9.32 Å². The summed E-state index contributed by atoms with van der Waals surface area (Å²) in [5.41, 5.74) is -0.605. The minimum absolute atomic E-state index is 0.105. The van der Waals surface area contributed by atoms with Gasteiger partial charge in [0.2, 0.25) is 11.8 Å². The van der Waals surface area contributed by atoms with E-state index in [9.17, 15) is 4.79 Å². The first-order valence-corrected chi connectivity index (χ1v) is 6.74. The first-order valence-electron chi connectivity index (χ1n) is 6.74. The number of rotatable bonds is 3. The minimum atomic E-state index is -0.605. The molecule has 2 rings (SSSR count). The maximum Gasteiger partial charge on any atom is 0.229 e. The van der Waals surface area contributed by atoms with Gasteiger partial charge in [0.25, 0.3) is 0 Å². The van der Waals surface area contributed by atoms with Crippen molar-refractivity contribution in [1.29, 1.82) is 0 Å². The number of piperidine rings is 1. The Hall–Kier alpha value is -1.43. The van der Waals surface area contributed by atoms with Gasteiger partial charge in [0, 0.05) is 18.9 Å². The summed E-state index contributed by atoms with van der Waals surface area (Å²) in [6.07, 6.45) is 2.01. The summed E-state index contributed by atoms with van der Waals surface area (Å²) >= 11 is 0. The van der Waals surface area contributed by atoms with Gasteiger partial charge in [-0.3, -0.25) is 4.79 Å². The van der Waals surface area contributed by atoms with E-state index in [2.05, 4.69) is 27.7 Å². The summed E-state index contributed by atoms with van der Waals surface area (Å²) in [6, 6.07) is 0.470. The van der Waals surface area contributed by atoms with Crippen LogP contribution in [-0.4, -0.2) is 28.6 Å². The van der Waals surface area contributed by atoms with Crippen molar-refractivity contribution in [2.24, 2.45) is 0 Å². The molecule has 0 spiro atoms. The van der Waals surface area contributed by atoms with Gasteiger partial charge in [-0.05, 0) is 40.2 Å². The summed E-state index contributed by atoms with van der Waals surface area (Å²) in [7, 11) is 0. The third-order valence-corrected chi connectivity index (χ3v) is 3.46. The quantitative estimate of drug-likeness (QED) is 0.862. The van der Waals surface area contributed by atoms with Crippen molar-refractivity contribution in [3.8, 4) is 0 Å². The fourth-order valence-electron chi connectivity index (χ4n) is 2.51. The molecule has 1 aromatic rings. The Bertz CT molecular complexity index is 455. The molecular formula is C13H22N4O2. The molecule has 2 atom stereocenters. The molecule has 0 unspecified atom stereocenters. The van der Waals surface area contributed by atoms with E-state index in [1.165, 1.54) is 6.92 Å². The summed E-state index contributed by atoms with van der Waals surface area (Å²) in [5, 5.41) is 10.2. The molecule has 2 N–H and O–H groups in total. The molecule has 0 radical (unpaired) electrons. The molecule has 6 heteroatoms. The average Bonchev–Trinajstić information content (AvgIpc) is 2.77. The normalized spacial score (nSPS) is 24.2. The highest BCUT2D eigenvalue weighted by Gasteiger charge is 2.30. The van der Waals surface area contributed by atoms with Gasteiger partial charge in [0.1, 0.15) is 0 Å². The second-order valence-corrected chi connectivity index (χ2v) is 5.84. The van der Waals surface area contributed by atoms with Crippen LogP contribution in [0.15, 0.2) is 4.52 Å². The molecule has 6 nitrogen and oxygen atoms in total. The van der Waals surface area contributed by atoms with E-state index in [1.54, 1.807) is 0 Å². The SMILES string of the molecule is CC(=O)NC(C)(C)c1noc([C@H]2CCN[C@@H](C)C2)n1. The average molecular weight is 266 g/mol. The third kappa shape index (κ3) is 3.32. The minimum Gasteiger partial charge on any atom is -0.344 e. The Morgan fingerprint density at radius 1 is 1.53 bits per heavy atom. The lowest BCUT2D eigenvalue weighted by molar-refractivity contribution is -0.120. The number of nitrogens with one attached hydrogen (secondary N) is 2. The largest absolute Gasteiger partial charge is 0.344 e. The number of hydrogen-bond acceptors (Lipinski definition) is 5. The van der Waals surface area contributed by atoms with Crippen molar-refractivity contribution >= 4 is 5.91 Å². The summed E-state index contributed by atoms with van der Waals surface area (Å²) in [5.74, 6) is 1.42. The highest BCUT2D eigenvalue weighted by Crippen LogP contribution is 2.28. The molecule has 0 saturated carbocycles. The van der Waals surface area contributed by atoms with E-state index in [0.717, 1.165) is 19.4 Å². The molecule has 1 amide bonds. The lowest BCUT2D eigenvalue weighted by atomic mass is 9.93. The fourth-order valence-corrected chi connectivity index (χ4v) is 2.51. The highest BCUT2D eigenvalue weighted by atomic mass is 16.5. The van der Waals surface area contributed by atoms with Crippen LogP contribution in [0.5, 0.6) is 0 Å². The molecular weight excluding hydrogens is 244 g/mol. The topological polar surface area (TPSA) is 80.0 Å². The van der Waals surface area contributed by atoms with Crippen LogP contribution >= 0.6 is 0 Å². The van der Waals surface area contributed by atoms with Gasteiger partial charge in [-0.15, -0.1) is 0 Å². The Balaban J connectivity index is 2.12. The third-order valence-electron chi connectivity index (χ3n) is 3.46. The van der Waals surface area contributed by atoms with Crippen LogP contribution in [0.3, 0.4) is 0 Å². The second-order valence-electron chi connectivity index (χ2n) is 5.84. The zero-order valence-electron chi connectivity index (χ0n) is 12.0. The van der Waals surface area contributed by atoms with E-state index in [-0.39, 0.29) is 5.91 Å². The Labute approximate surface area is 113 Å². The predicted molar refractivity (Wildman–Crippen MR) is 70.6 cm³/mol. The monoisotopic (exact) mass is 266 g/mol. The molecule has 1 aliphatic heterocycles. The Morgan fingerprint density at radius 3 is 2.89 bits per heavy atom. The predicted octanol–water partition coefficient (Wildman–Crippen LogP) is 1.30. The lowest BCUT2D eigenvalue weighted by Gasteiger charge is -2.25. The van der Waals surface area contributed by atoms with Crippen LogP contribution in [0, 0.1) is 0 Å². The highest BCUT2D eigenvalue weighted by molar-refractivity contribution is 5.73. The van der Waals surface area contributed by atoms with Crippen molar-refractivity contribution in [2.75, 3.05) is 6.54 Å². The summed E-state index contributed by atoms with van der Waals surface area (Å²) < 4.78 is 5.38. The molecule has 19 heavy (non-hydrogen) atoms. The van der Waals surface area contributed by atoms with Gasteiger partial charge < -0.3 is 15.2 Å². The lowest BCUT2D eigenvalue weighted by Crippen LogP contribution is -2.40. The standard InChI is InChI=1S/C13H22N4O2/c1-8-7-10(5-6-14-8)11-15-12(17-19-11)13(3,4)16-9(2)18/h8,10,14H,5-7H2,1-4H3,(H,16,18)/t8-,10-/m0/s1. The van der Waals surface area contributed by atoms with Gasteiger partial charge in [0.15, 0.2) is 5.82 Å². The molecule has 2 heterocycles. The van der Waals surface area contributed by atoms with Crippen LogP contribution in [0.1, 0.15) is 58.2 Å². The van der Waals surface area contributed by atoms with E-state index in [1.807, 2.05) is 13.8 Å². The Kier molecular flexibility index (Phi) is 3.89. The van der Waals surface area contributed by atoms with Gasteiger partial charge in [-0.1, -0.05) is 5.16 Å².